The Balaban J connectivity index is 1.18. The lowest BCUT2D eigenvalue weighted by molar-refractivity contribution is -0.382. The normalized spacial score (nSPS) is 52.9. The van der Waals surface area contributed by atoms with Gasteiger partial charge in [-0.2, -0.15) is 0 Å². The molecule has 67 heavy (non-hydrogen) atoms. The van der Waals surface area contributed by atoms with E-state index in [1.165, 1.54) is 0 Å². The summed E-state index contributed by atoms with van der Waals surface area (Å²) in [5.74, 6) is -0.934. The molecule has 0 aromatic rings. The summed E-state index contributed by atoms with van der Waals surface area (Å²) in [5.41, 5.74) is -2.26. The predicted molar refractivity (Wildman–Crippen MR) is 235 cm³/mol. The van der Waals surface area contributed by atoms with Gasteiger partial charge < -0.3 is 94.8 Å². The van der Waals surface area contributed by atoms with Gasteiger partial charge in [0.2, 0.25) is 0 Å². The third-order valence-electron chi connectivity index (χ3n) is 18.9. The Morgan fingerprint density at radius 2 is 1.12 bits per heavy atom. The van der Waals surface area contributed by atoms with Crippen molar-refractivity contribution in [1.29, 1.82) is 0 Å². The van der Waals surface area contributed by atoms with Crippen LogP contribution in [0.5, 0.6) is 0 Å². The van der Waals surface area contributed by atoms with Crippen LogP contribution in [0.2, 0.25) is 0 Å². The fraction of sp³-hybridized carbons (Fsp3) is 0.958. The molecule has 0 radical (unpaired) electrons. The minimum absolute atomic E-state index is 0.121. The molecular formula is C48H82O19. The van der Waals surface area contributed by atoms with Gasteiger partial charge in [-0.15, -0.1) is 0 Å². The maximum atomic E-state index is 12.8. The number of ether oxygens (including phenoxy) is 6. The summed E-state index contributed by atoms with van der Waals surface area (Å²) in [6.45, 7) is 14.7. The van der Waals surface area contributed by atoms with E-state index in [4.69, 9.17) is 28.4 Å². The van der Waals surface area contributed by atoms with E-state index < -0.39 is 158 Å². The van der Waals surface area contributed by atoms with Gasteiger partial charge in [0.15, 0.2) is 18.9 Å². The summed E-state index contributed by atoms with van der Waals surface area (Å²) in [4.78, 5) is 0. The Morgan fingerprint density at radius 1 is 0.612 bits per heavy atom. The SMILES string of the molecule is CC(C)=CCC[C@](C)(O[C@@H]1O[C@@H](CO)[C@H](O)[C@@H](O)[C@@H]1O[C@@H]1O[C@H](CO)[C@H](O)[C@@H](O)[C@H]1O)[C@H]1CC[C@@]2(C)[C@@H]1[C@H](O)C[C@@H]1[C@]3(C)[C@H](CC[C@@]12C)C(C)(C)[C@@H](O[C@@H]1O[C@H](CO)[C@H](O)[C@H](O)[C@H]1O)C[C@@H]3O. The fourth-order valence-electron chi connectivity index (χ4n) is 14.8. The largest absolute Gasteiger partial charge is 0.394 e. The molecule has 4 aliphatic carbocycles. The van der Waals surface area contributed by atoms with Crippen LogP contribution in [-0.4, -0.2) is 202 Å². The minimum atomic E-state index is -1.84. The molecule has 0 bridgehead atoms. The van der Waals surface area contributed by atoms with E-state index in [1.54, 1.807) is 0 Å². The maximum Gasteiger partial charge on any atom is 0.187 e. The summed E-state index contributed by atoms with van der Waals surface area (Å²) in [7, 11) is 0. The first kappa shape index (κ1) is 53.8. The first-order valence-corrected chi connectivity index (χ1v) is 24.5. The fourth-order valence-corrected chi connectivity index (χ4v) is 14.8. The van der Waals surface area contributed by atoms with Crippen LogP contribution in [0.15, 0.2) is 11.6 Å². The van der Waals surface area contributed by atoms with Crippen molar-refractivity contribution in [2.45, 2.75) is 223 Å². The topological polar surface area (TPSA) is 318 Å². The van der Waals surface area contributed by atoms with Gasteiger partial charge >= 0.3 is 0 Å². The van der Waals surface area contributed by atoms with Crippen molar-refractivity contribution in [2.24, 2.45) is 45.3 Å². The van der Waals surface area contributed by atoms with Gasteiger partial charge in [0.05, 0.1) is 43.7 Å². The summed E-state index contributed by atoms with van der Waals surface area (Å²) < 4.78 is 37.1. The van der Waals surface area contributed by atoms with Gasteiger partial charge in [-0.1, -0.05) is 46.3 Å². The number of hydrogen-bond acceptors (Lipinski definition) is 19. The molecule has 0 unspecified atom stereocenters. The van der Waals surface area contributed by atoms with Crippen molar-refractivity contribution < 1.29 is 94.8 Å². The van der Waals surface area contributed by atoms with Crippen molar-refractivity contribution in [3.05, 3.63) is 11.6 Å². The van der Waals surface area contributed by atoms with Gasteiger partial charge in [0.25, 0.3) is 0 Å². The average molecular weight is 963 g/mol. The highest BCUT2D eigenvalue weighted by atomic mass is 16.8. The van der Waals surface area contributed by atoms with E-state index in [9.17, 15) is 66.4 Å². The maximum absolute atomic E-state index is 12.8. The summed E-state index contributed by atoms with van der Waals surface area (Å²) >= 11 is 0. The zero-order valence-corrected chi connectivity index (χ0v) is 40.3. The van der Waals surface area contributed by atoms with Crippen molar-refractivity contribution in [2.75, 3.05) is 19.8 Å². The number of allylic oxidation sites excluding steroid dienone is 2. The van der Waals surface area contributed by atoms with Crippen molar-refractivity contribution in [1.82, 2.24) is 0 Å². The van der Waals surface area contributed by atoms with E-state index in [-0.39, 0.29) is 30.1 Å². The number of fused-ring (bicyclic) bond motifs is 5. The predicted octanol–water partition coefficient (Wildman–Crippen LogP) is -1.06. The third kappa shape index (κ3) is 8.92. The quantitative estimate of drug-likeness (QED) is 0.0773. The molecule has 19 heteroatoms. The molecule has 7 rings (SSSR count). The zero-order chi connectivity index (χ0) is 49.5. The lowest BCUT2D eigenvalue weighted by Crippen LogP contribution is -2.70. The first-order chi connectivity index (χ1) is 31.3. The molecule has 0 aromatic heterocycles. The molecule has 4 saturated carbocycles. The van der Waals surface area contributed by atoms with Crippen LogP contribution in [-0.2, 0) is 28.4 Å². The van der Waals surface area contributed by atoms with E-state index in [0.29, 0.717) is 38.5 Å². The summed E-state index contributed by atoms with van der Waals surface area (Å²) in [6, 6.07) is 0. The molecule has 0 aromatic carbocycles. The number of rotatable bonds is 13. The Morgan fingerprint density at radius 3 is 1.66 bits per heavy atom. The third-order valence-corrected chi connectivity index (χ3v) is 18.9. The van der Waals surface area contributed by atoms with E-state index in [0.717, 1.165) is 12.0 Å². The molecule has 0 spiro atoms. The van der Waals surface area contributed by atoms with Crippen molar-refractivity contribution in [3.63, 3.8) is 0 Å². The molecule has 3 heterocycles. The summed E-state index contributed by atoms with van der Waals surface area (Å²) in [6.07, 6.45) is -19.4. The highest BCUT2D eigenvalue weighted by Gasteiger charge is 2.73. The minimum Gasteiger partial charge on any atom is -0.394 e. The number of aliphatic hydroxyl groups excluding tert-OH is 13. The van der Waals surface area contributed by atoms with E-state index in [2.05, 4.69) is 40.7 Å². The van der Waals surface area contributed by atoms with Gasteiger partial charge in [-0.3, -0.25) is 0 Å². The molecule has 19 nitrogen and oxygen atoms in total. The second-order valence-corrected chi connectivity index (χ2v) is 23.0. The first-order valence-electron chi connectivity index (χ1n) is 24.5. The highest BCUT2D eigenvalue weighted by molar-refractivity contribution is 5.22. The van der Waals surface area contributed by atoms with E-state index in [1.807, 2.05) is 20.8 Å². The molecule has 3 aliphatic heterocycles. The van der Waals surface area contributed by atoms with Crippen molar-refractivity contribution >= 4 is 0 Å². The zero-order valence-electron chi connectivity index (χ0n) is 40.3. The van der Waals surface area contributed by atoms with Crippen LogP contribution < -0.4 is 0 Å². The molecular weight excluding hydrogens is 881 g/mol. The van der Waals surface area contributed by atoms with Crippen LogP contribution in [0.3, 0.4) is 0 Å². The van der Waals surface area contributed by atoms with Crippen LogP contribution >= 0.6 is 0 Å². The van der Waals surface area contributed by atoms with Gasteiger partial charge in [-0.05, 0) is 106 Å². The lowest BCUT2D eigenvalue weighted by atomic mass is 9.34. The monoisotopic (exact) mass is 963 g/mol. The average Bonchev–Trinajstić information content (AvgIpc) is 3.66. The molecule has 0 amide bonds. The van der Waals surface area contributed by atoms with Gasteiger partial charge in [-0.25, -0.2) is 0 Å². The smallest absolute Gasteiger partial charge is 0.187 e. The number of hydrogen-bond donors (Lipinski definition) is 13. The van der Waals surface area contributed by atoms with Crippen LogP contribution in [0.25, 0.3) is 0 Å². The Bertz CT molecular complexity index is 1710. The van der Waals surface area contributed by atoms with Crippen molar-refractivity contribution in [3.8, 4) is 0 Å². The standard InChI is InChI=1S/C48H82O19/c1-21(2)10-9-13-47(7,67-43-40(37(59)34(56)26(20-51)64-43)66-42-39(61)36(58)33(55)25(19-50)63-42)22-11-14-46(6)31(22)23(52)16-28-45(46,5)15-12-27-44(3,4)30(17-29(53)48(27,28)8)65-41-38(60)35(57)32(54)24(18-49)62-41/h10,22-43,49-61H,9,11-20H2,1-8H3/t22-,23+,24+,25+,26-,27+,28-,29-,30-,31-,32-,33-,34-,35-,36+,37+,38+,39+,40-,41-,42-,43-,45-,46-,47-,48-/m0/s1. The van der Waals surface area contributed by atoms with Gasteiger partial charge in [0, 0.05) is 11.8 Å². The second-order valence-electron chi connectivity index (χ2n) is 23.0. The second kappa shape index (κ2) is 19.8. The molecule has 13 N–H and O–H groups in total. The Kier molecular flexibility index (Phi) is 15.9. The summed E-state index contributed by atoms with van der Waals surface area (Å²) in [5, 5.41) is 142. The van der Waals surface area contributed by atoms with Gasteiger partial charge in [0.1, 0.15) is 73.2 Å². The molecule has 7 aliphatic rings. The van der Waals surface area contributed by atoms with Crippen LogP contribution in [0, 0.1) is 45.3 Å². The van der Waals surface area contributed by atoms with E-state index >= 15 is 0 Å². The molecule has 26 atom stereocenters. The molecule has 7 fully saturated rings. The highest BCUT2D eigenvalue weighted by Crippen LogP contribution is 2.76. The van der Waals surface area contributed by atoms with Crippen LogP contribution in [0.1, 0.15) is 107 Å². The van der Waals surface area contributed by atoms with Crippen LogP contribution in [0.4, 0.5) is 0 Å². The Hall–Kier alpha value is -1.02. The number of aliphatic hydroxyl groups is 13. The Labute approximate surface area is 393 Å². The molecule has 3 saturated heterocycles. The molecule has 388 valence electrons. The lowest BCUT2D eigenvalue weighted by Gasteiger charge is -2.71.